The van der Waals surface area contributed by atoms with E-state index in [0.717, 1.165) is 25.9 Å². The lowest BCUT2D eigenvalue weighted by molar-refractivity contribution is -0.128. The Hall–Kier alpha value is -2.83. The minimum atomic E-state index is -0.452. The Kier molecular flexibility index (Phi) is 6.36. The van der Waals surface area contributed by atoms with Gasteiger partial charge in [-0.2, -0.15) is 0 Å². The van der Waals surface area contributed by atoms with E-state index in [2.05, 4.69) is 22.5 Å². The highest BCUT2D eigenvalue weighted by molar-refractivity contribution is 5.96. The fraction of sp³-hybridized carbons (Fsp3) is 0.353. The van der Waals surface area contributed by atoms with Crippen LogP contribution in [0, 0.1) is 0 Å². The second-order valence-corrected chi connectivity index (χ2v) is 5.47. The molecule has 7 heteroatoms. The van der Waals surface area contributed by atoms with Gasteiger partial charge < -0.3 is 20.9 Å². The van der Waals surface area contributed by atoms with Crippen LogP contribution in [0.4, 0.5) is 10.5 Å². The average Bonchev–Trinajstić information content (AvgIpc) is 3.13. The molecular weight excluding hydrogens is 308 g/mol. The highest BCUT2D eigenvalue weighted by Gasteiger charge is 2.18. The molecule has 0 atom stereocenters. The van der Waals surface area contributed by atoms with Crippen molar-refractivity contribution in [2.24, 2.45) is 0 Å². The number of benzene rings is 1. The molecule has 0 saturated carbocycles. The van der Waals surface area contributed by atoms with Crippen LogP contribution in [0.15, 0.2) is 36.9 Å². The zero-order chi connectivity index (χ0) is 17.4. The molecule has 0 aliphatic carbocycles. The number of hydrogen-bond donors (Lipinski definition) is 3. The fourth-order valence-corrected chi connectivity index (χ4v) is 2.38. The van der Waals surface area contributed by atoms with Gasteiger partial charge in [0.2, 0.25) is 5.91 Å². The Labute approximate surface area is 141 Å². The van der Waals surface area contributed by atoms with E-state index in [1.807, 2.05) is 0 Å². The van der Waals surface area contributed by atoms with Gasteiger partial charge in [-0.25, -0.2) is 4.79 Å². The van der Waals surface area contributed by atoms with E-state index in [1.54, 1.807) is 35.2 Å². The average molecular weight is 330 g/mol. The molecule has 0 radical (unpaired) electrons. The molecule has 4 amide bonds. The van der Waals surface area contributed by atoms with E-state index in [-0.39, 0.29) is 18.4 Å². The van der Waals surface area contributed by atoms with Crippen LogP contribution in [-0.2, 0) is 4.79 Å². The molecule has 0 spiro atoms. The number of anilines is 1. The topological polar surface area (TPSA) is 90.5 Å². The van der Waals surface area contributed by atoms with Crippen molar-refractivity contribution in [3.63, 3.8) is 0 Å². The van der Waals surface area contributed by atoms with E-state index >= 15 is 0 Å². The van der Waals surface area contributed by atoms with Crippen LogP contribution >= 0.6 is 0 Å². The third kappa shape index (κ3) is 5.12. The Bertz CT molecular complexity index is 607. The molecule has 128 valence electrons. The molecule has 1 aromatic rings. The fourth-order valence-electron chi connectivity index (χ4n) is 2.38. The molecule has 1 aliphatic heterocycles. The Balaban J connectivity index is 1.78. The predicted molar refractivity (Wildman–Crippen MR) is 91.8 cm³/mol. The van der Waals surface area contributed by atoms with E-state index in [4.69, 9.17) is 0 Å². The normalized spacial score (nSPS) is 13.2. The summed E-state index contributed by atoms with van der Waals surface area (Å²) in [6.45, 7) is 5.43. The first-order chi connectivity index (χ1) is 11.6. The largest absolute Gasteiger partial charge is 0.349 e. The summed E-state index contributed by atoms with van der Waals surface area (Å²) in [6, 6.07) is 6.04. The molecule has 1 fully saturated rings. The van der Waals surface area contributed by atoms with Gasteiger partial charge in [0, 0.05) is 30.9 Å². The molecule has 0 unspecified atom stereocenters. The molecule has 0 aromatic heterocycles. The maximum absolute atomic E-state index is 11.8. The van der Waals surface area contributed by atoms with Gasteiger partial charge in [0.05, 0.1) is 6.54 Å². The molecule has 1 aliphatic rings. The van der Waals surface area contributed by atoms with Crippen molar-refractivity contribution in [1.29, 1.82) is 0 Å². The van der Waals surface area contributed by atoms with Crippen LogP contribution in [0.5, 0.6) is 0 Å². The van der Waals surface area contributed by atoms with Gasteiger partial charge in [-0.05, 0) is 37.1 Å². The number of nitrogens with one attached hydrogen (secondary N) is 3. The molecular formula is C17H22N4O3. The Morgan fingerprint density at radius 3 is 2.38 bits per heavy atom. The second kappa shape index (κ2) is 8.71. The van der Waals surface area contributed by atoms with Crippen molar-refractivity contribution in [1.82, 2.24) is 15.5 Å². The number of urea groups is 1. The summed E-state index contributed by atoms with van der Waals surface area (Å²) in [5.41, 5.74) is 1.04. The van der Waals surface area contributed by atoms with Crippen molar-refractivity contribution < 1.29 is 14.4 Å². The van der Waals surface area contributed by atoms with E-state index < -0.39 is 6.03 Å². The van der Waals surface area contributed by atoms with Gasteiger partial charge in [-0.3, -0.25) is 9.59 Å². The zero-order valence-electron chi connectivity index (χ0n) is 13.5. The highest BCUT2D eigenvalue weighted by Crippen LogP contribution is 2.10. The summed E-state index contributed by atoms with van der Waals surface area (Å²) in [7, 11) is 0. The smallest absolute Gasteiger partial charge is 0.319 e. The Morgan fingerprint density at radius 1 is 1.08 bits per heavy atom. The molecule has 7 nitrogen and oxygen atoms in total. The number of amides is 4. The lowest BCUT2D eigenvalue weighted by Crippen LogP contribution is -2.40. The van der Waals surface area contributed by atoms with Gasteiger partial charge in [0.25, 0.3) is 5.91 Å². The quantitative estimate of drug-likeness (QED) is 0.688. The van der Waals surface area contributed by atoms with Gasteiger partial charge >= 0.3 is 6.03 Å². The van der Waals surface area contributed by atoms with Crippen LogP contribution < -0.4 is 16.0 Å². The van der Waals surface area contributed by atoms with Crippen LogP contribution in [0.1, 0.15) is 23.2 Å². The standard InChI is InChI=1S/C17H22N4O3/c1-2-9-18-16(23)13-5-7-14(8-6-13)20-17(24)19-12-15(22)21-10-3-4-11-21/h2,5-8H,1,3-4,9-12H2,(H,18,23)(H2,19,20,24). The number of nitrogens with zero attached hydrogens (tertiary/aromatic N) is 1. The van der Waals surface area contributed by atoms with Gasteiger partial charge in [-0.1, -0.05) is 6.08 Å². The number of likely N-dealkylation sites (tertiary alicyclic amines) is 1. The van der Waals surface area contributed by atoms with Crippen molar-refractivity contribution in [3.05, 3.63) is 42.5 Å². The first-order valence-electron chi connectivity index (χ1n) is 7.92. The first kappa shape index (κ1) is 17.5. The molecule has 1 aromatic carbocycles. The molecule has 1 heterocycles. The second-order valence-electron chi connectivity index (χ2n) is 5.47. The van der Waals surface area contributed by atoms with Crippen LogP contribution in [0.25, 0.3) is 0 Å². The van der Waals surface area contributed by atoms with Gasteiger partial charge in [0.1, 0.15) is 0 Å². The maximum atomic E-state index is 11.8. The van der Waals surface area contributed by atoms with E-state index in [9.17, 15) is 14.4 Å². The van der Waals surface area contributed by atoms with Crippen LogP contribution in [0.2, 0.25) is 0 Å². The molecule has 0 bridgehead atoms. The molecule has 3 N–H and O–H groups in total. The zero-order valence-corrected chi connectivity index (χ0v) is 13.5. The third-order valence-corrected chi connectivity index (χ3v) is 3.67. The lowest BCUT2D eigenvalue weighted by Gasteiger charge is -2.15. The Morgan fingerprint density at radius 2 is 1.75 bits per heavy atom. The van der Waals surface area contributed by atoms with E-state index in [0.29, 0.717) is 17.8 Å². The number of hydrogen-bond acceptors (Lipinski definition) is 3. The van der Waals surface area contributed by atoms with Crippen LogP contribution in [-0.4, -0.2) is 48.9 Å². The number of rotatable bonds is 6. The van der Waals surface area contributed by atoms with Crippen molar-refractivity contribution in [2.45, 2.75) is 12.8 Å². The summed E-state index contributed by atoms with van der Waals surface area (Å²) < 4.78 is 0. The maximum Gasteiger partial charge on any atom is 0.319 e. The molecule has 2 rings (SSSR count). The van der Waals surface area contributed by atoms with Crippen LogP contribution in [0.3, 0.4) is 0 Å². The first-order valence-corrected chi connectivity index (χ1v) is 7.92. The van der Waals surface area contributed by atoms with Crippen molar-refractivity contribution in [2.75, 3.05) is 31.5 Å². The minimum Gasteiger partial charge on any atom is -0.349 e. The highest BCUT2D eigenvalue weighted by atomic mass is 16.2. The number of carbonyl (C=O) groups is 3. The van der Waals surface area contributed by atoms with E-state index in [1.165, 1.54) is 0 Å². The minimum absolute atomic E-state index is 0.0200. The van der Waals surface area contributed by atoms with Gasteiger partial charge in [-0.15, -0.1) is 6.58 Å². The summed E-state index contributed by atoms with van der Waals surface area (Å²) >= 11 is 0. The number of carbonyl (C=O) groups excluding carboxylic acids is 3. The molecule has 1 saturated heterocycles. The predicted octanol–water partition coefficient (Wildman–Crippen LogP) is 1.35. The summed E-state index contributed by atoms with van der Waals surface area (Å²) in [5.74, 6) is -0.279. The van der Waals surface area contributed by atoms with Gasteiger partial charge in [0.15, 0.2) is 0 Å². The summed E-state index contributed by atoms with van der Waals surface area (Å²) in [4.78, 5) is 37.1. The SMILES string of the molecule is C=CCNC(=O)c1ccc(NC(=O)NCC(=O)N2CCCC2)cc1. The van der Waals surface area contributed by atoms with Crippen molar-refractivity contribution >= 4 is 23.5 Å². The lowest BCUT2D eigenvalue weighted by atomic mass is 10.2. The monoisotopic (exact) mass is 330 g/mol. The molecule has 24 heavy (non-hydrogen) atoms. The third-order valence-electron chi connectivity index (χ3n) is 3.67. The van der Waals surface area contributed by atoms with Crippen molar-refractivity contribution in [3.8, 4) is 0 Å². The summed E-state index contributed by atoms with van der Waals surface area (Å²) in [6.07, 6.45) is 3.64. The summed E-state index contributed by atoms with van der Waals surface area (Å²) in [5, 5.41) is 7.84.